The Hall–Kier alpha value is -2.93. The summed E-state index contributed by atoms with van der Waals surface area (Å²) in [7, 11) is 0. The van der Waals surface area contributed by atoms with E-state index in [2.05, 4.69) is 15.3 Å². The predicted molar refractivity (Wildman–Crippen MR) is 103 cm³/mol. The SMILES string of the molecule is Cc1ccc(C(CNC(=O)c2ccn(-c3ccccc3F)n2)N2CCCC2)o1. The summed E-state index contributed by atoms with van der Waals surface area (Å²) in [5.41, 5.74) is 0.557. The number of aromatic nitrogens is 2. The fourth-order valence-corrected chi connectivity index (χ4v) is 3.59. The first-order valence-electron chi connectivity index (χ1n) is 9.51. The summed E-state index contributed by atoms with van der Waals surface area (Å²) >= 11 is 0. The van der Waals surface area contributed by atoms with E-state index in [1.807, 2.05) is 19.1 Å². The summed E-state index contributed by atoms with van der Waals surface area (Å²) in [5, 5.41) is 7.17. The molecule has 0 saturated carbocycles. The van der Waals surface area contributed by atoms with Crippen LogP contribution in [0.4, 0.5) is 4.39 Å². The maximum Gasteiger partial charge on any atom is 0.271 e. The zero-order chi connectivity index (χ0) is 19.5. The van der Waals surface area contributed by atoms with Crippen LogP contribution < -0.4 is 5.32 Å². The summed E-state index contributed by atoms with van der Waals surface area (Å²) in [6.07, 6.45) is 3.88. The Balaban J connectivity index is 1.46. The van der Waals surface area contributed by atoms with Gasteiger partial charge >= 0.3 is 0 Å². The number of para-hydroxylation sites is 1. The lowest BCUT2D eigenvalue weighted by molar-refractivity contribution is 0.0928. The van der Waals surface area contributed by atoms with E-state index >= 15 is 0 Å². The molecule has 2 aromatic heterocycles. The lowest BCUT2D eigenvalue weighted by Crippen LogP contribution is -2.36. The number of carbonyl (C=O) groups is 1. The van der Waals surface area contributed by atoms with Crippen molar-refractivity contribution in [3.63, 3.8) is 0 Å². The van der Waals surface area contributed by atoms with Gasteiger partial charge in [-0.2, -0.15) is 5.10 Å². The first-order chi connectivity index (χ1) is 13.6. The van der Waals surface area contributed by atoms with Crippen molar-refractivity contribution in [3.05, 3.63) is 71.7 Å². The summed E-state index contributed by atoms with van der Waals surface area (Å²) < 4.78 is 21.1. The molecule has 1 aliphatic rings. The topological polar surface area (TPSA) is 63.3 Å². The molecule has 1 aliphatic heterocycles. The molecule has 0 bridgehead atoms. The molecule has 7 heteroatoms. The van der Waals surface area contributed by atoms with E-state index in [1.165, 1.54) is 10.7 Å². The first-order valence-corrected chi connectivity index (χ1v) is 9.51. The molecule has 1 fully saturated rings. The Labute approximate surface area is 162 Å². The number of halogens is 1. The van der Waals surface area contributed by atoms with Gasteiger partial charge in [-0.15, -0.1) is 0 Å². The molecule has 0 radical (unpaired) electrons. The Morgan fingerprint density at radius 1 is 1.21 bits per heavy atom. The largest absolute Gasteiger partial charge is 0.465 e. The Morgan fingerprint density at radius 3 is 2.71 bits per heavy atom. The monoisotopic (exact) mass is 382 g/mol. The van der Waals surface area contributed by atoms with E-state index < -0.39 is 0 Å². The molecule has 1 aromatic carbocycles. The number of furan rings is 1. The summed E-state index contributed by atoms with van der Waals surface area (Å²) in [6.45, 7) is 4.32. The molecule has 1 N–H and O–H groups in total. The molecule has 146 valence electrons. The average molecular weight is 382 g/mol. The molecule has 0 aliphatic carbocycles. The van der Waals surface area contributed by atoms with Gasteiger partial charge in [-0.05, 0) is 63.2 Å². The molecule has 1 amide bonds. The van der Waals surface area contributed by atoms with Crippen molar-refractivity contribution in [2.24, 2.45) is 0 Å². The van der Waals surface area contributed by atoms with Gasteiger partial charge in [0.1, 0.15) is 23.0 Å². The Kier molecular flexibility index (Phi) is 5.25. The highest BCUT2D eigenvalue weighted by Crippen LogP contribution is 2.26. The third kappa shape index (κ3) is 3.84. The van der Waals surface area contributed by atoms with E-state index in [0.717, 1.165) is 37.5 Å². The Morgan fingerprint density at radius 2 is 2.00 bits per heavy atom. The Bertz CT molecular complexity index is 959. The normalized spacial score (nSPS) is 15.6. The van der Waals surface area contributed by atoms with E-state index in [9.17, 15) is 9.18 Å². The van der Waals surface area contributed by atoms with Crippen molar-refractivity contribution in [2.45, 2.75) is 25.8 Å². The minimum absolute atomic E-state index is 0.00574. The molecule has 6 nitrogen and oxygen atoms in total. The van der Waals surface area contributed by atoms with Crippen LogP contribution in [0.1, 0.15) is 40.9 Å². The highest BCUT2D eigenvalue weighted by atomic mass is 19.1. The van der Waals surface area contributed by atoms with Crippen LogP contribution in [-0.2, 0) is 0 Å². The van der Waals surface area contributed by atoms with Crippen LogP contribution >= 0.6 is 0 Å². The average Bonchev–Trinajstić information content (AvgIpc) is 3.44. The molecule has 3 aromatic rings. The van der Waals surface area contributed by atoms with Gasteiger partial charge in [0, 0.05) is 12.7 Å². The van der Waals surface area contributed by atoms with Crippen LogP contribution in [-0.4, -0.2) is 40.2 Å². The summed E-state index contributed by atoms with van der Waals surface area (Å²) in [4.78, 5) is 14.9. The number of carbonyl (C=O) groups excluding carboxylic acids is 1. The number of rotatable bonds is 6. The third-order valence-electron chi connectivity index (χ3n) is 5.05. The fraction of sp³-hybridized carbons (Fsp3) is 0.333. The highest BCUT2D eigenvalue weighted by molar-refractivity contribution is 5.92. The zero-order valence-corrected chi connectivity index (χ0v) is 15.8. The standard InChI is InChI=1S/C21H23FN4O2/c1-15-8-9-20(28-15)19(25-11-4-5-12-25)14-23-21(27)17-10-13-26(24-17)18-7-3-2-6-16(18)22/h2-3,6-10,13,19H,4-5,11-12,14H2,1H3,(H,23,27). The van der Waals surface area contributed by atoms with Crippen molar-refractivity contribution in [1.82, 2.24) is 20.0 Å². The van der Waals surface area contributed by atoms with Gasteiger partial charge in [0.2, 0.25) is 0 Å². The van der Waals surface area contributed by atoms with Crippen LogP contribution in [0.25, 0.3) is 5.69 Å². The summed E-state index contributed by atoms with van der Waals surface area (Å²) in [5.74, 6) is 1.04. The number of nitrogens with zero attached hydrogens (tertiary/aromatic N) is 3. The minimum atomic E-state index is -0.389. The lowest BCUT2D eigenvalue weighted by atomic mass is 10.2. The quantitative estimate of drug-likeness (QED) is 0.709. The van der Waals surface area contributed by atoms with Crippen LogP contribution in [0.15, 0.2) is 53.1 Å². The second-order valence-corrected chi connectivity index (χ2v) is 7.01. The number of hydrogen-bond donors (Lipinski definition) is 1. The molecule has 1 saturated heterocycles. The number of benzene rings is 1. The van der Waals surface area contributed by atoms with Crippen molar-refractivity contribution < 1.29 is 13.6 Å². The second-order valence-electron chi connectivity index (χ2n) is 7.01. The van der Waals surface area contributed by atoms with Gasteiger partial charge < -0.3 is 9.73 Å². The number of likely N-dealkylation sites (tertiary alicyclic amines) is 1. The van der Waals surface area contributed by atoms with Crippen molar-refractivity contribution >= 4 is 5.91 Å². The maximum absolute atomic E-state index is 13.9. The summed E-state index contributed by atoms with van der Waals surface area (Å²) in [6, 6.07) is 11.8. The van der Waals surface area contributed by atoms with Gasteiger partial charge in [0.15, 0.2) is 5.69 Å². The predicted octanol–water partition coefficient (Wildman–Crippen LogP) is 3.48. The van der Waals surface area contributed by atoms with E-state index in [4.69, 9.17) is 4.42 Å². The second kappa shape index (κ2) is 7.98. The molecule has 0 spiro atoms. The smallest absolute Gasteiger partial charge is 0.271 e. The zero-order valence-electron chi connectivity index (χ0n) is 15.8. The van der Waals surface area contributed by atoms with Crippen LogP contribution in [0.3, 0.4) is 0 Å². The van der Waals surface area contributed by atoms with Crippen molar-refractivity contribution in [2.75, 3.05) is 19.6 Å². The third-order valence-corrected chi connectivity index (χ3v) is 5.05. The molecule has 28 heavy (non-hydrogen) atoms. The van der Waals surface area contributed by atoms with Crippen LogP contribution in [0, 0.1) is 12.7 Å². The first kappa shape index (κ1) is 18.4. The lowest BCUT2D eigenvalue weighted by Gasteiger charge is -2.25. The molecule has 3 heterocycles. The van der Waals surface area contributed by atoms with Gasteiger partial charge in [-0.1, -0.05) is 12.1 Å². The van der Waals surface area contributed by atoms with Crippen molar-refractivity contribution in [3.8, 4) is 5.69 Å². The molecular weight excluding hydrogens is 359 g/mol. The van der Waals surface area contributed by atoms with E-state index in [0.29, 0.717) is 12.2 Å². The molecule has 1 unspecified atom stereocenters. The number of aryl methyl sites for hydroxylation is 1. The molecule has 1 atom stereocenters. The minimum Gasteiger partial charge on any atom is -0.465 e. The van der Waals surface area contributed by atoms with Crippen LogP contribution in [0.5, 0.6) is 0 Å². The van der Waals surface area contributed by atoms with E-state index in [1.54, 1.807) is 30.5 Å². The number of nitrogens with one attached hydrogen (secondary N) is 1. The van der Waals surface area contributed by atoms with Crippen LogP contribution in [0.2, 0.25) is 0 Å². The fourth-order valence-electron chi connectivity index (χ4n) is 3.59. The van der Waals surface area contributed by atoms with Gasteiger partial charge in [-0.25, -0.2) is 9.07 Å². The van der Waals surface area contributed by atoms with Gasteiger partial charge in [-0.3, -0.25) is 9.69 Å². The van der Waals surface area contributed by atoms with Gasteiger partial charge in [0.05, 0.1) is 6.04 Å². The highest BCUT2D eigenvalue weighted by Gasteiger charge is 2.26. The number of amides is 1. The van der Waals surface area contributed by atoms with Crippen molar-refractivity contribution in [1.29, 1.82) is 0 Å². The maximum atomic E-state index is 13.9. The molecular formula is C21H23FN4O2. The van der Waals surface area contributed by atoms with E-state index in [-0.39, 0.29) is 23.5 Å². The number of hydrogen-bond acceptors (Lipinski definition) is 4. The van der Waals surface area contributed by atoms with Gasteiger partial charge in [0.25, 0.3) is 5.91 Å². The molecule has 4 rings (SSSR count).